The number of carboxylic acids is 1. The van der Waals surface area contributed by atoms with Gasteiger partial charge in [-0.1, -0.05) is 18.2 Å². The maximum atomic E-state index is 12.8. The molecule has 1 unspecified atom stereocenters. The van der Waals surface area contributed by atoms with Crippen LogP contribution in [0.3, 0.4) is 0 Å². The Morgan fingerprint density at radius 3 is 2.61 bits per heavy atom. The number of aliphatic carboxylic acids is 1. The molecule has 2 aliphatic heterocycles. The Hall–Kier alpha value is -3.55. The van der Waals surface area contributed by atoms with Crippen LogP contribution in [0.25, 0.3) is 5.65 Å². The summed E-state index contributed by atoms with van der Waals surface area (Å²) in [7, 11) is -3.47. The summed E-state index contributed by atoms with van der Waals surface area (Å²) in [5.74, 6) is 0.185. The maximum Gasteiger partial charge on any atom is 0.310 e. The first-order valence-corrected chi connectivity index (χ1v) is 17.3. The molecule has 1 aromatic carbocycles. The molecule has 1 aliphatic carbocycles. The first-order valence-electron chi connectivity index (χ1n) is 15.8. The van der Waals surface area contributed by atoms with Gasteiger partial charge < -0.3 is 14.6 Å². The van der Waals surface area contributed by atoms with Gasteiger partial charge in [0.2, 0.25) is 5.88 Å². The first kappa shape index (κ1) is 31.1. The highest BCUT2D eigenvalue weighted by Crippen LogP contribution is 2.59. The van der Waals surface area contributed by atoms with Gasteiger partial charge in [0.15, 0.2) is 5.65 Å². The molecule has 11 nitrogen and oxygen atoms in total. The highest BCUT2D eigenvalue weighted by molar-refractivity contribution is 8.22. The van der Waals surface area contributed by atoms with Gasteiger partial charge in [0.25, 0.3) is 0 Å². The average Bonchev–Trinajstić information content (AvgIpc) is 3.78. The van der Waals surface area contributed by atoms with E-state index in [-0.39, 0.29) is 23.9 Å². The van der Waals surface area contributed by atoms with Gasteiger partial charge in [-0.25, -0.2) is 4.98 Å². The highest BCUT2D eigenvalue weighted by Gasteiger charge is 2.46. The minimum absolute atomic E-state index is 0.218. The average molecular weight is 648 g/mol. The maximum absolute atomic E-state index is 12.8. The van der Waals surface area contributed by atoms with Crippen LogP contribution < -0.4 is 4.74 Å². The standard InChI is InChI=1S/C34H41N5O6S/c1-21-7-8-24(28(33(3,4)32(40)41)26-11-15-39-29(22(26)2)36-37-30(39)23-9-10-23)18-25(21)19-38-20-34(12-16-44-17-13-34)45-31-27(46(38,42)43)6-5-14-35-31/h5-8,11,14-15,18,23,28,42-43H,9-10,12-13,16-17,19-20H2,1-4H3,(H,40,41). The molecule has 1 saturated heterocycles. The number of hydrogen-bond acceptors (Lipinski definition) is 9. The molecule has 0 bridgehead atoms. The molecule has 3 aromatic heterocycles. The topological polar surface area (TPSA) is 143 Å². The van der Waals surface area contributed by atoms with E-state index in [9.17, 15) is 19.0 Å². The molecule has 2 fully saturated rings. The summed E-state index contributed by atoms with van der Waals surface area (Å²) in [6.07, 6.45) is 6.96. The molecule has 244 valence electrons. The lowest BCUT2D eigenvalue weighted by molar-refractivity contribution is -0.147. The number of aryl methyl sites for hydroxylation is 2. The largest absolute Gasteiger partial charge is 0.481 e. The summed E-state index contributed by atoms with van der Waals surface area (Å²) in [4.78, 5) is 17.5. The summed E-state index contributed by atoms with van der Waals surface area (Å²) in [6, 6.07) is 11.4. The van der Waals surface area contributed by atoms with Crippen molar-refractivity contribution in [3.63, 3.8) is 0 Å². The highest BCUT2D eigenvalue weighted by atomic mass is 32.3. The van der Waals surface area contributed by atoms with Crippen LogP contribution in [0, 0.1) is 19.3 Å². The van der Waals surface area contributed by atoms with Gasteiger partial charge in [0.05, 0.1) is 25.2 Å². The summed E-state index contributed by atoms with van der Waals surface area (Å²) in [5.41, 5.74) is 3.30. The number of nitrogens with zero attached hydrogens (tertiary/aromatic N) is 5. The molecule has 5 heterocycles. The molecule has 7 rings (SSSR count). The van der Waals surface area contributed by atoms with Crippen molar-refractivity contribution in [2.24, 2.45) is 5.41 Å². The van der Waals surface area contributed by atoms with E-state index in [1.54, 1.807) is 36.5 Å². The normalized spacial score (nSPS) is 20.9. The van der Waals surface area contributed by atoms with E-state index >= 15 is 0 Å². The van der Waals surface area contributed by atoms with Crippen molar-refractivity contribution in [2.45, 2.75) is 82.3 Å². The molecular weight excluding hydrogens is 606 g/mol. The van der Waals surface area contributed by atoms with Crippen LogP contribution in [0.2, 0.25) is 0 Å². The Kier molecular flexibility index (Phi) is 7.64. The van der Waals surface area contributed by atoms with Crippen molar-refractivity contribution in [3.8, 4) is 5.88 Å². The molecule has 1 saturated carbocycles. The number of carbonyl (C=O) groups is 1. The van der Waals surface area contributed by atoms with Crippen LogP contribution >= 0.6 is 10.8 Å². The van der Waals surface area contributed by atoms with E-state index in [4.69, 9.17) is 9.47 Å². The number of aromatic nitrogens is 4. The van der Waals surface area contributed by atoms with Crippen LogP contribution in [-0.4, -0.2) is 69.4 Å². The van der Waals surface area contributed by atoms with Gasteiger partial charge in [-0.05, 0) is 86.6 Å². The summed E-state index contributed by atoms with van der Waals surface area (Å²) >= 11 is 0. The number of carboxylic acid groups (broad SMARTS) is 1. The molecule has 0 amide bonds. The van der Waals surface area contributed by atoms with E-state index in [2.05, 4.69) is 15.2 Å². The third kappa shape index (κ3) is 5.26. The number of benzene rings is 1. The van der Waals surface area contributed by atoms with Crippen molar-refractivity contribution in [1.29, 1.82) is 0 Å². The molecule has 1 atom stereocenters. The third-order valence-electron chi connectivity index (χ3n) is 10.0. The van der Waals surface area contributed by atoms with Gasteiger partial charge in [0, 0.05) is 43.6 Å². The minimum Gasteiger partial charge on any atom is -0.481 e. The molecule has 3 aliphatic rings. The Morgan fingerprint density at radius 2 is 1.89 bits per heavy atom. The predicted molar refractivity (Wildman–Crippen MR) is 173 cm³/mol. The molecule has 12 heteroatoms. The number of pyridine rings is 2. The second kappa shape index (κ2) is 11.3. The summed E-state index contributed by atoms with van der Waals surface area (Å²) in [6.45, 7) is 8.99. The van der Waals surface area contributed by atoms with Gasteiger partial charge in [-0.2, -0.15) is 4.31 Å². The van der Waals surface area contributed by atoms with E-state index in [1.807, 2.05) is 48.7 Å². The second-order valence-corrected chi connectivity index (χ2v) is 15.6. The van der Waals surface area contributed by atoms with Crippen molar-refractivity contribution in [1.82, 2.24) is 23.9 Å². The fraction of sp³-hybridized carbons (Fsp3) is 0.471. The van der Waals surface area contributed by atoms with Crippen LogP contribution in [-0.2, 0) is 16.1 Å². The van der Waals surface area contributed by atoms with Crippen molar-refractivity contribution in [2.75, 3.05) is 19.8 Å². The number of ether oxygens (including phenoxy) is 2. The molecular formula is C34H41N5O6S. The number of rotatable bonds is 7. The van der Waals surface area contributed by atoms with Gasteiger partial charge in [-0.15, -0.1) is 21.0 Å². The van der Waals surface area contributed by atoms with Crippen LogP contribution in [0.1, 0.15) is 85.0 Å². The zero-order chi connectivity index (χ0) is 32.4. The quantitative estimate of drug-likeness (QED) is 0.208. The van der Waals surface area contributed by atoms with Crippen LogP contribution in [0.4, 0.5) is 0 Å². The van der Waals surface area contributed by atoms with E-state index < -0.39 is 33.7 Å². The zero-order valence-corrected chi connectivity index (χ0v) is 27.5. The van der Waals surface area contributed by atoms with E-state index in [0.29, 0.717) is 32.0 Å². The minimum atomic E-state index is -3.47. The lowest BCUT2D eigenvalue weighted by atomic mass is 9.70. The number of hydrogen-bond donors (Lipinski definition) is 3. The molecule has 3 N–H and O–H groups in total. The van der Waals surface area contributed by atoms with Gasteiger partial charge >= 0.3 is 5.97 Å². The first-order chi connectivity index (χ1) is 21.9. The Morgan fingerprint density at radius 1 is 1.13 bits per heavy atom. The van der Waals surface area contributed by atoms with Gasteiger partial charge in [-0.3, -0.25) is 18.3 Å². The predicted octanol–water partition coefficient (Wildman–Crippen LogP) is 6.33. The van der Waals surface area contributed by atoms with Crippen LogP contribution in [0.15, 0.2) is 53.7 Å². The monoisotopic (exact) mass is 647 g/mol. The molecule has 1 spiro atoms. The van der Waals surface area contributed by atoms with E-state index in [0.717, 1.165) is 52.1 Å². The van der Waals surface area contributed by atoms with Gasteiger partial charge in [0.1, 0.15) is 16.3 Å². The Bertz CT molecular complexity index is 1810. The fourth-order valence-corrected chi connectivity index (χ4v) is 8.59. The molecule has 46 heavy (non-hydrogen) atoms. The smallest absolute Gasteiger partial charge is 0.310 e. The van der Waals surface area contributed by atoms with Crippen LogP contribution in [0.5, 0.6) is 5.88 Å². The van der Waals surface area contributed by atoms with E-state index in [1.165, 1.54) is 0 Å². The second-order valence-electron chi connectivity index (χ2n) is 13.6. The molecule has 4 aromatic rings. The van der Waals surface area contributed by atoms with Crippen molar-refractivity contribution >= 4 is 22.4 Å². The lowest BCUT2D eigenvalue weighted by Crippen LogP contribution is -2.49. The fourth-order valence-electron chi connectivity index (χ4n) is 6.99. The Balaban J connectivity index is 1.31. The summed E-state index contributed by atoms with van der Waals surface area (Å²) < 4.78 is 39.4. The third-order valence-corrected chi connectivity index (χ3v) is 11.9. The van der Waals surface area contributed by atoms with Crippen molar-refractivity contribution in [3.05, 3.63) is 82.4 Å². The van der Waals surface area contributed by atoms with Crippen molar-refractivity contribution < 1.29 is 28.5 Å². The summed E-state index contributed by atoms with van der Waals surface area (Å²) in [5, 5.41) is 19.5. The lowest BCUT2D eigenvalue weighted by Gasteiger charge is -2.44. The SMILES string of the molecule is Cc1ccc(C(c2ccn3c(C4CC4)nnc3c2C)C(C)(C)C(=O)O)cc1CN1CC2(CCOCC2)Oc2ncccc2S1(O)O. The number of fused-ring (bicyclic) bond motifs is 2. The zero-order valence-electron chi connectivity index (χ0n) is 26.6. The Labute approximate surface area is 270 Å². The molecule has 0 radical (unpaired) electrons.